The molecule has 0 aliphatic rings. The van der Waals surface area contributed by atoms with E-state index in [1.54, 1.807) is 26.0 Å². The van der Waals surface area contributed by atoms with Crippen molar-refractivity contribution in [1.29, 1.82) is 5.26 Å². The van der Waals surface area contributed by atoms with Gasteiger partial charge in [-0.05, 0) is 38.5 Å². The highest BCUT2D eigenvalue weighted by Crippen LogP contribution is 2.15. The van der Waals surface area contributed by atoms with E-state index >= 15 is 0 Å². The van der Waals surface area contributed by atoms with Gasteiger partial charge in [0, 0.05) is 12.2 Å². The summed E-state index contributed by atoms with van der Waals surface area (Å²) in [6.45, 7) is 3.68. The van der Waals surface area contributed by atoms with Crippen molar-refractivity contribution in [1.82, 2.24) is 0 Å². The van der Waals surface area contributed by atoms with Crippen molar-refractivity contribution >= 4 is 5.69 Å². The summed E-state index contributed by atoms with van der Waals surface area (Å²) in [7, 11) is 0. The third kappa shape index (κ3) is 4.46. The molecule has 0 aliphatic heterocycles. The summed E-state index contributed by atoms with van der Waals surface area (Å²) in [6, 6.07) is 9.23. The third-order valence-electron chi connectivity index (χ3n) is 2.04. The van der Waals surface area contributed by atoms with Crippen molar-refractivity contribution in [2.75, 3.05) is 11.9 Å². The molecular weight excluding hydrogens is 191 g/mol. The van der Waals surface area contributed by atoms with Crippen LogP contribution in [0, 0.1) is 11.3 Å². The Labute approximate surface area is 89.7 Å². The lowest BCUT2D eigenvalue weighted by Gasteiger charge is -2.14. The topological polar surface area (TPSA) is 35.8 Å². The zero-order valence-electron chi connectivity index (χ0n) is 9.05. The summed E-state index contributed by atoms with van der Waals surface area (Å²) in [5, 5.41) is 11.8. The molecule has 0 radical (unpaired) electrons. The molecule has 1 rings (SSSR count). The lowest BCUT2D eigenvalue weighted by atomic mass is 10.1. The number of anilines is 1. The molecule has 0 bridgehead atoms. The molecule has 3 heteroatoms. The molecule has 0 atom stereocenters. The first kappa shape index (κ1) is 11.5. The minimum atomic E-state index is -1.15. The van der Waals surface area contributed by atoms with Crippen LogP contribution in [0.2, 0.25) is 0 Å². The van der Waals surface area contributed by atoms with Gasteiger partial charge in [-0.25, -0.2) is 4.39 Å². The number of halogens is 1. The number of alkyl halides is 1. The van der Waals surface area contributed by atoms with Crippen LogP contribution in [0.3, 0.4) is 0 Å². The molecule has 1 N–H and O–H groups in total. The van der Waals surface area contributed by atoms with E-state index in [0.29, 0.717) is 18.5 Å². The normalized spacial score (nSPS) is 10.8. The van der Waals surface area contributed by atoms with Crippen LogP contribution in [-0.4, -0.2) is 12.2 Å². The molecule has 80 valence electrons. The molecule has 1 aromatic rings. The summed E-state index contributed by atoms with van der Waals surface area (Å²) < 4.78 is 13.1. The molecular formula is C12H15FN2. The molecule has 2 nitrogen and oxygen atoms in total. The smallest absolute Gasteiger partial charge is 0.107 e. The number of nitrogens with one attached hydrogen (secondary N) is 1. The van der Waals surface area contributed by atoms with Gasteiger partial charge in [0.25, 0.3) is 0 Å². The molecule has 0 aromatic heterocycles. The van der Waals surface area contributed by atoms with Crippen LogP contribution in [0.25, 0.3) is 0 Å². The Bertz CT molecular complexity index is 361. The highest BCUT2D eigenvalue weighted by Gasteiger charge is 2.13. The van der Waals surface area contributed by atoms with Gasteiger partial charge in [0.2, 0.25) is 0 Å². The molecule has 0 saturated heterocycles. The van der Waals surface area contributed by atoms with Crippen molar-refractivity contribution in [3.8, 4) is 6.07 Å². The summed E-state index contributed by atoms with van der Waals surface area (Å²) in [6.07, 6.45) is 0.448. The molecule has 15 heavy (non-hydrogen) atoms. The molecule has 1 aromatic carbocycles. The number of rotatable bonds is 4. The minimum absolute atomic E-state index is 0.448. The van der Waals surface area contributed by atoms with Crippen LogP contribution < -0.4 is 5.32 Å². The number of hydrogen-bond donors (Lipinski definition) is 1. The van der Waals surface area contributed by atoms with Crippen LogP contribution in [-0.2, 0) is 0 Å². The van der Waals surface area contributed by atoms with Crippen LogP contribution in [0.4, 0.5) is 10.1 Å². The van der Waals surface area contributed by atoms with E-state index in [9.17, 15) is 4.39 Å². The highest BCUT2D eigenvalue weighted by molar-refractivity contribution is 5.48. The zero-order valence-corrected chi connectivity index (χ0v) is 9.05. The van der Waals surface area contributed by atoms with Gasteiger partial charge in [-0.2, -0.15) is 5.26 Å². The van der Waals surface area contributed by atoms with Crippen molar-refractivity contribution in [2.45, 2.75) is 25.9 Å². The van der Waals surface area contributed by atoms with Gasteiger partial charge in [0.05, 0.1) is 11.6 Å². The first-order valence-electron chi connectivity index (χ1n) is 4.94. The molecule has 0 aliphatic carbocycles. The Hall–Kier alpha value is -1.56. The first-order chi connectivity index (χ1) is 7.01. The Balaban J connectivity index is 2.48. The Morgan fingerprint density at radius 3 is 2.80 bits per heavy atom. The Morgan fingerprint density at radius 2 is 2.20 bits per heavy atom. The standard InChI is InChI=1S/C12H15FN2/c1-12(2,13)6-7-15-11-5-3-4-10(8-11)9-14/h3-5,8,15H,6-7H2,1-2H3. The number of nitrogens with zero attached hydrogens (tertiary/aromatic N) is 1. The van der Waals surface area contributed by atoms with E-state index < -0.39 is 5.67 Å². The van der Waals surface area contributed by atoms with E-state index in [4.69, 9.17) is 5.26 Å². The number of nitriles is 1. The highest BCUT2D eigenvalue weighted by atomic mass is 19.1. The Morgan fingerprint density at radius 1 is 1.47 bits per heavy atom. The van der Waals surface area contributed by atoms with Crippen LogP contribution in [0.5, 0.6) is 0 Å². The fourth-order valence-electron chi connectivity index (χ4n) is 1.20. The second kappa shape index (κ2) is 4.79. The van der Waals surface area contributed by atoms with Crippen LogP contribution >= 0.6 is 0 Å². The van der Waals surface area contributed by atoms with Crippen molar-refractivity contribution < 1.29 is 4.39 Å². The van der Waals surface area contributed by atoms with Gasteiger partial charge >= 0.3 is 0 Å². The van der Waals surface area contributed by atoms with E-state index in [0.717, 1.165) is 5.69 Å². The lowest BCUT2D eigenvalue weighted by Crippen LogP contribution is -2.17. The van der Waals surface area contributed by atoms with Gasteiger partial charge in [-0.1, -0.05) is 6.07 Å². The van der Waals surface area contributed by atoms with E-state index in [-0.39, 0.29) is 0 Å². The lowest BCUT2D eigenvalue weighted by molar-refractivity contribution is 0.207. The quantitative estimate of drug-likeness (QED) is 0.821. The van der Waals surface area contributed by atoms with E-state index in [1.807, 2.05) is 12.1 Å². The van der Waals surface area contributed by atoms with Crippen LogP contribution in [0.15, 0.2) is 24.3 Å². The molecule has 0 unspecified atom stereocenters. The fourth-order valence-corrected chi connectivity index (χ4v) is 1.20. The van der Waals surface area contributed by atoms with E-state index in [2.05, 4.69) is 11.4 Å². The summed E-state index contributed by atoms with van der Waals surface area (Å²) in [5.74, 6) is 0. The first-order valence-corrected chi connectivity index (χ1v) is 4.94. The third-order valence-corrected chi connectivity index (χ3v) is 2.04. The van der Waals surface area contributed by atoms with Gasteiger partial charge in [-0.15, -0.1) is 0 Å². The van der Waals surface area contributed by atoms with Crippen LogP contribution in [0.1, 0.15) is 25.8 Å². The van der Waals surface area contributed by atoms with Gasteiger partial charge in [0.1, 0.15) is 5.67 Å². The maximum Gasteiger partial charge on any atom is 0.107 e. The predicted molar refractivity (Wildman–Crippen MR) is 59.5 cm³/mol. The number of hydrogen-bond acceptors (Lipinski definition) is 2. The maximum atomic E-state index is 13.1. The average molecular weight is 206 g/mol. The second-order valence-electron chi connectivity index (χ2n) is 4.09. The Kier molecular flexibility index (Phi) is 3.68. The van der Waals surface area contributed by atoms with Gasteiger partial charge < -0.3 is 5.32 Å². The monoisotopic (exact) mass is 206 g/mol. The zero-order chi connectivity index (χ0) is 11.3. The largest absolute Gasteiger partial charge is 0.385 e. The van der Waals surface area contributed by atoms with E-state index in [1.165, 1.54) is 0 Å². The summed E-state index contributed by atoms with van der Waals surface area (Å²) in [4.78, 5) is 0. The summed E-state index contributed by atoms with van der Waals surface area (Å²) in [5.41, 5.74) is 0.317. The average Bonchev–Trinajstić information content (AvgIpc) is 2.16. The fraction of sp³-hybridized carbons (Fsp3) is 0.417. The number of benzene rings is 1. The molecule has 0 amide bonds. The SMILES string of the molecule is CC(C)(F)CCNc1cccc(C#N)c1. The maximum absolute atomic E-state index is 13.1. The predicted octanol–water partition coefficient (Wildman–Crippen LogP) is 3.11. The molecule has 0 saturated carbocycles. The summed E-state index contributed by atoms with van der Waals surface area (Å²) >= 11 is 0. The second-order valence-corrected chi connectivity index (χ2v) is 4.09. The molecule has 0 spiro atoms. The van der Waals surface area contributed by atoms with Crippen molar-refractivity contribution in [2.24, 2.45) is 0 Å². The van der Waals surface area contributed by atoms with Crippen molar-refractivity contribution in [3.05, 3.63) is 29.8 Å². The molecule has 0 heterocycles. The molecule has 0 fully saturated rings. The van der Waals surface area contributed by atoms with Gasteiger partial charge in [0.15, 0.2) is 0 Å². The van der Waals surface area contributed by atoms with Crippen molar-refractivity contribution in [3.63, 3.8) is 0 Å². The minimum Gasteiger partial charge on any atom is -0.385 e. The van der Waals surface area contributed by atoms with Gasteiger partial charge in [-0.3, -0.25) is 0 Å².